The first-order chi connectivity index (χ1) is 28.8. The van der Waals surface area contributed by atoms with Crippen LogP contribution in [0.4, 0.5) is 0 Å². The highest BCUT2D eigenvalue weighted by Gasteiger charge is 2.23. The third kappa shape index (κ3) is 49.1. The van der Waals surface area contributed by atoms with E-state index in [1.807, 2.05) is 0 Å². The fraction of sp³-hybridized carbons (Fsp3) is 0.880. The molecule has 0 fully saturated rings. The fourth-order valence-corrected chi connectivity index (χ4v) is 7.82. The van der Waals surface area contributed by atoms with Gasteiger partial charge in [0.2, 0.25) is 0 Å². The van der Waals surface area contributed by atoms with Crippen LogP contribution in [0.15, 0.2) is 24.3 Å². The molecule has 0 aliphatic heterocycles. The predicted octanol–water partition coefficient (Wildman–Crippen LogP) is 15.9. The van der Waals surface area contributed by atoms with E-state index < -0.39 is 32.5 Å². The van der Waals surface area contributed by atoms with Gasteiger partial charge in [0.05, 0.1) is 6.61 Å². The topological polar surface area (TPSA) is 119 Å². The Kier molecular flexibility index (Phi) is 44.9. The zero-order valence-electron chi connectivity index (χ0n) is 38.7. The molecule has 0 unspecified atom stereocenters. The maximum absolute atomic E-state index is 12.5. The molecular weight excluding hydrogens is 760 g/mol. The molecule has 0 bridgehead atoms. The molecule has 0 amide bonds. The van der Waals surface area contributed by atoms with Gasteiger partial charge in [0.15, 0.2) is 6.10 Å². The number of phosphoric ester groups is 1. The van der Waals surface area contributed by atoms with Crippen molar-refractivity contribution < 1.29 is 37.9 Å². The summed E-state index contributed by atoms with van der Waals surface area (Å²) in [5.41, 5.74) is 0. The summed E-state index contributed by atoms with van der Waals surface area (Å²) >= 11 is 0. The van der Waals surface area contributed by atoms with Crippen LogP contribution in [0.3, 0.4) is 0 Å². The van der Waals surface area contributed by atoms with E-state index in [9.17, 15) is 14.2 Å². The van der Waals surface area contributed by atoms with Crippen LogP contribution in [0.5, 0.6) is 0 Å². The standard InChI is InChI=1S/C50H95O8P/c1-3-5-7-9-11-13-15-17-19-21-23-24-25-26-27-29-30-32-34-36-38-40-42-44-49(51)56-46-48(47-57-59(53,54)55)58-50(52)45-43-41-39-37-35-33-31-28-22-20-18-16-14-12-10-8-6-4-2/h29-30,36,38,48H,3-28,31-35,37,39-47H2,1-2H3,(H2,53,54,55)/b30-29+,38-36+/t48-/m1/s1. The normalized spacial score (nSPS) is 12.5. The summed E-state index contributed by atoms with van der Waals surface area (Å²) in [4.78, 5) is 43.0. The number of carbonyl (C=O) groups is 2. The Bertz CT molecular complexity index is 1010. The maximum Gasteiger partial charge on any atom is 0.469 e. The number of hydrogen-bond donors (Lipinski definition) is 2. The van der Waals surface area contributed by atoms with Gasteiger partial charge in [-0.3, -0.25) is 14.1 Å². The Labute approximate surface area is 364 Å². The lowest BCUT2D eigenvalue weighted by atomic mass is 10.0. The summed E-state index contributed by atoms with van der Waals surface area (Å²) < 4.78 is 26.5. The predicted molar refractivity (Wildman–Crippen MR) is 249 cm³/mol. The minimum atomic E-state index is -4.76. The maximum atomic E-state index is 12.5. The summed E-state index contributed by atoms with van der Waals surface area (Å²) in [6, 6.07) is 0. The first-order valence-corrected chi connectivity index (χ1v) is 26.7. The van der Waals surface area contributed by atoms with E-state index in [0.29, 0.717) is 12.8 Å². The molecule has 59 heavy (non-hydrogen) atoms. The van der Waals surface area contributed by atoms with Crippen molar-refractivity contribution >= 4 is 19.8 Å². The Balaban J connectivity index is 3.84. The highest BCUT2D eigenvalue weighted by molar-refractivity contribution is 7.46. The molecule has 348 valence electrons. The molecule has 8 nitrogen and oxygen atoms in total. The van der Waals surface area contributed by atoms with Crippen molar-refractivity contribution in [2.24, 2.45) is 0 Å². The molecular formula is C50H95O8P. The van der Waals surface area contributed by atoms with Crippen molar-refractivity contribution in [2.75, 3.05) is 13.2 Å². The Morgan fingerprint density at radius 2 is 0.746 bits per heavy atom. The summed E-state index contributed by atoms with van der Waals surface area (Å²) in [6.07, 6.45) is 55.0. The van der Waals surface area contributed by atoms with Crippen LogP contribution in [0.25, 0.3) is 0 Å². The average molecular weight is 855 g/mol. The molecule has 0 saturated heterocycles. The number of hydrogen-bond acceptors (Lipinski definition) is 6. The van der Waals surface area contributed by atoms with Gasteiger partial charge >= 0.3 is 19.8 Å². The Hall–Kier alpha value is -1.47. The van der Waals surface area contributed by atoms with Crippen LogP contribution >= 0.6 is 7.82 Å². The van der Waals surface area contributed by atoms with Gasteiger partial charge in [-0.15, -0.1) is 0 Å². The van der Waals surface area contributed by atoms with E-state index in [1.165, 1.54) is 180 Å². The Morgan fingerprint density at radius 1 is 0.424 bits per heavy atom. The number of unbranched alkanes of at least 4 members (excludes halogenated alkanes) is 33. The quantitative estimate of drug-likeness (QED) is 0.0269. The third-order valence-corrected chi connectivity index (χ3v) is 11.7. The zero-order valence-corrected chi connectivity index (χ0v) is 39.6. The molecule has 2 N–H and O–H groups in total. The lowest BCUT2D eigenvalue weighted by molar-refractivity contribution is -0.161. The summed E-state index contributed by atoms with van der Waals surface area (Å²) in [5.74, 6) is -0.919. The lowest BCUT2D eigenvalue weighted by Gasteiger charge is -2.18. The number of phosphoric acid groups is 1. The molecule has 0 rings (SSSR count). The zero-order chi connectivity index (χ0) is 43.2. The van der Waals surface area contributed by atoms with E-state index in [-0.39, 0.29) is 19.4 Å². The highest BCUT2D eigenvalue weighted by atomic mass is 31.2. The SMILES string of the molecule is CCCCCCCCCCCCCCCC/C=C/CC/C=C/CCCC(=O)OC[C@H](COP(=O)(O)O)OC(=O)CCCCCCCCCCCCCCCCCCCC. The molecule has 1 atom stereocenters. The van der Waals surface area contributed by atoms with Gasteiger partial charge in [-0.2, -0.15) is 0 Å². The van der Waals surface area contributed by atoms with Gasteiger partial charge in [0.1, 0.15) is 6.61 Å². The van der Waals surface area contributed by atoms with E-state index >= 15 is 0 Å². The first kappa shape index (κ1) is 57.5. The van der Waals surface area contributed by atoms with Crippen LogP contribution in [-0.2, 0) is 28.2 Å². The van der Waals surface area contributed by atoms with E-state index in [0.717, 1.165) is 44.9 Å². The third-order valence-electron chi connectivity index (χ3n) is 11.2. The van der Waals surface area contributed by atoms with Gasteiger partial charge in [-0.05, 0) is 44.9 Å². The van der Waals surface area contributed by atoms with Crippen molar-refractivity contribution in [1.82, 2.24) is 0 Å². The molecule has 9 heteroatoms. The molecule has 0 radical (unpaired) electrons. The largest absolute Gasteiger partial charge is 0.469 e. The molecule has 0 saturated carbocycles. The van der Waals surface area contributed by atoms with Crippen molar-refractivity contribution in [3.05, 3.63) is 24.3 Å². The molecule has 0 aromatic carbocycles. The van der Waals surface area contributed by atoms with Crippen molar-refractivity contribution in [3.63, 3.8) is 0 Å². The van der Waals surface area contributed by atoms with Gasteiger partial charge in [-0.25, -0.2) is 4.57 Å². The van der Waals surface area contributed by atoms with Gasteiger partial charge in [-0.1, -0.05) is 231 Å². The number of carbonyl (C=O) groups excluding carboxylic acids is 2. The second-order valence-electron chi connectivity index (χ2n) is 17.1. The first-order valence-electron chi connectivity index (χ1n) is 25.1. The van der Waals surface area contributed by atoms with Gasteiger partial charge in [0.25, 0.3) is 0 Å². The van der Waals surface area contributed by atoms with Crippen LogP contribution < -0.4 is 0 Å². The average Bonchev–Trinajstić information content (AvgIpc) is 3.21. The number of esters is 2. The smallest absolute Gasteiger partial charge is 0.462 e. The Morgan fingerprint density at radius 3 is 1.14 bits per heavy atom. The lowest BCUT2D eigenvalue weighted by Crippen LogP contribution is -2.29. The molecule has 0 aliphatic rings. The molecule has 0 aromatic rings. The fourth-order valence-electron chi connectivity index (χ4n) is 7.46. The minimum Gasteiger partial charge on any atom is -0.462 e. The molecule has 0 heterocycles. The van der Waals surface area contributed by atoms with Crippen molar-refractivity contribution in [1.29, 1.82) is 0 Å². The van der Waals surface area contributed by atoms with Gasteiger partial charge in [0, 0.05) is 12.8 Å². The second-order valence-corrected chi connectivity index (χ2v) is 18.4. The monoisotopic (exact) mass is 855 g/mol. The summed E-state index contributed by atoms with van der Waals surface area (Å²) in [6.45, 7) is 3.70. The number of ether oxygens (including phenoxy) is 2. The second kappa shape index (κ2) is 46.0. The van der Waals surface area contributed by atoms with E-state index in [4.69, 9.17) is 19.3 Å². The van der Waals surface area contributed by atoms with Crippen LogP contribution in [-0.4, -0.2) is 41.0 Å². The molecule has 0 spiro atoms. The number of allylic oxidation sites excluding steroid dienone is 4. The van der Waals surface area contributed by atoms with Crippen LogP contribution in [0.2, 0.25) is 0 Å². The number of rotatable bonds is 47. The summed E-state index contributed by atoms with van der Waals surface area (Å²) in [5, 5.41) is 0. The van der Waals surface area contributed by atoms with Crippen molar-refractivity contribution in [3.8, 4) is 0 Å². The van der Waals surface area contributed by atoms with Gasteiger partial charge < -0.3 is 19.3 Å². The van der Waals surface area contributed by atoms with Crippen LogP contribution in [0.1, 0.15) is 264 Å². The summed E-state index contributed by atoms with van der Waals surface area (Å²) in [7, 11) is -4.76. The van der Waals surface area contributed by atoms with Crippen LogP contribution in [0, 0.1) is 0 Å². The highest BCUT2D eigenvalue weighted by Crippen LogP contribution is 2.36. The molecule has 0 aromatic heterocycles. The van der Waals surface area contributed by atoms with E-state index in [2.05, 4.69) is 42.7 Å². The van der Waals surface area contributed by atoms with Crippen molar-refractivity contribution in [2.45, 2.75) is 270 Å². The minimum absolute atomic E-state index is 0.209. The van der Waals surface area contributed by atoms with E-state index in [1.54, 1.807) is 0 Å². The molecule has 0 aliphatic carbocycles.